The van der Waals surface area contributed by atoms with E-state index in [1.54, 1.807) is 0 Å². The van der Waals surface area contributed by atoms with E-state index in [9.17, 15) is 4.79 Å². The molecule has 0 aliphatic rings. The number of carbonyl (C=O) groups excluding carboxylic acids is 1. The molecule has 0 spiro atoms. The first-order valence-corrected chi connectivity index (χ1v) is 5.20. The number of carbonyl (C=O) groups is 1. The van der Waals surface area contributed by atoms with E-state index in [1.807, 2.05) is 20.9 Å². The van der Waals surface area contributed by atoms with Crippen LogP contribution in [0, 0.1) is 5.92 Å². The van der Waals surface area contributed by atoms with Gasteiger partial charge in [0.25, 0.3) is 0 Å². The van der Waals surface area contributed by atoms with Crippen molar-refractivity contribution in [2.75, 3.05) is 26.7 Å². The molecule has 2 unspecified atom stereocenters. The van der Waals surface area contributed by atoms with Gasteiger partial charge in [0, 0.05) is 25.0 Å². The van der Waals surface area contributed by atoms with Gasteiger partial charge in [-0.05, 0) is 20.5 Å². The molecule has 2 atom stereocenters. The van der Waals surface area contributed by atoms with E-state index >= 15 is 0 Å². The maximum atomic E-state index is 11.4. The van der Waals surface area contributed by atoms with E-state index in [-0.39, 0.29) is 17.9 Å². The SMILES string of the molecule is CCN(C)CCNC(=O)C(C)C(C)N. The molecule has 0 saturated carbocycles. The molecule has 0 aliphatic heterocycles. The molecule has 3 N–H and O–H groups in total. The van der Waals surface area contributed by atoms with Crippen LogP contribution in [0.5, 0.6) is 0 Å². The van der Waals surface area contributed by atoms with Crippen LogP contribution in [0.3, 0.4) is 0 Å². The van der Waals surface area contributed by atoms with Crippen LogP contribution in [-0.2, 0) is 4.79 Å². The van der Waals surface area contributed by atoms with Crippen molar-refractivity contribution in [3.05, 3.63) is 0 Å². The third kappa shape index (κ3) is 5.19. The molecule has 1 amide bonds. The van der Waals surface area contributed by atoms with Gasteiger partial charge in [0.2, 0.25) is 5.91 Å². The Labute approximate surface area is 86.8 Å². The Morgan fingerprint density at radius 2 is 2.07 bits per heavy atom. The van der Waals surface area contributed by atoms with Crippen molar-refractivity contribution < 1.29 is 4.79 Å². The number of likely N-dealkylation sites (N-methyl/N-ethyl adjacent to an activating group) is 1. The molecule has 0 aliphatic carbocycles. The van der Waals surface area contributed by atoms with Crippen LogP contribution in [0.2, 0.25) is 0 Å². The van der Waals surface area contributed by atoms with Crippen molar-refractivity contribution >= 4 is 5.91 Å². The molecule has 0 saturated heterocycles. The van der Waals surface area contributed by atoms with Crippen LogP contribution < -0.4 is 11.1 Å². The average molecular weight is 201 g/mol. The Bertz CT molecular complexity index is 171. The number of nitrogens with two attached hydrogens (primary N) is 1. The summed E-state index contributed by atoms with van der Waals surface area (Å²) >= 11 is 0. The lowest BCUT2D eigenvalue weighted by molar-refractivity contribution is -0.124. The minimum Gasteiger partial charge on any atom is -0.355 e. The van der Waals surface area contributed by atoms with Crippen molar-refractivity contribution in [1.29, 1.82) is 0 Å². The molecule has 4 nitrogen and oxygen atoms in total. The van der Waals surface area contributed by atoms with E-state index in [0.29, 0.717) is 6.54 Å². The van der Waals surface area contributed by atoms with Crippen LogP contribution in [0.4, 0.5) is 0 Å². The summed E-state index contributed by atoms with van der Waals surface area (Å²) in [4.78, 5) is 13.6. The number of rotatable bonds is 6. The molecule has 14 heavy (non-hydrogen) atoms. The Morgan fingerprint density at radius 3 is 2.50 bits per heavy atom. The lowest BCUT2D eigenvalue weighted by atomic mass is 10.0. The van der Waals surface area contributed by atoms with Gasteiger partial charge in [0.1, 0.15) is 0 Å². The first-order valence-electron chi connectivity index (χ1n) is 5.20. The summed E-state index contributed by atoms with van der Waals surface area (Å²) in [5.41, 5.74) is 5.62. The van der Waals surface area contributed by atoms with Crippen molar-refractivity contribution in [3.63, 3.8) is 0 Å². The van der Waals surface area contributed by atoms with Gasteiger partial charge in [-0.3, -0.25) is 4.79 Å². The van der Waals surface area contributed by atoms with Gasteiger partial charge in [-0.2, -0.15) is 0 Å². The van der Waals surface area contributed by atoms with Gasteiger partial charge >= 0.3 is 0 Å². The normalized spacial score (nSPS) is 15.3. The zero-order valence-corrected chi connectivity index (χ0v) is 9.71. The number of hydrogen-bond donors (Lipinski definition) is 2. The summed E-state index contributed by atoms with van der Waals surface area (Å²) in [6.45, 7) is 8.37. The predicted molar refractivity (Wildman–Crippen MR) is 59.0 cm³/mol. The summed E-state index contributed by atoms with van der Waals surface area (Å²) in [6.07, 6.45) is 0. The lowest BCUT2D eigenvalue weighted by Crippen LogP contribution is -2.41. The molecular weight excluding hydrogens is 178 g/mol. The standard InChI is InChI=1S/C10H23N3O/c1-5-13(4)7-6-12-10(14)8(2)9(3)11/h8-9H,5-7,11H2,1-4H3,(H,12,14). The summed E-state index contributed by atoms with van der Waals surface area (Å²) in [7, 11) is 2.03. The van der Waals surface area contributed by atoms with Crippen LogP contribution in [0.25, 0.3) is 0 Å². The Balaban J connectivity index is 3.64. The average Bonchev–Trinajstić information content (AvgIpc) is 2.15. The Morgan fingerprint density at radius 1 is 1.50 bits per heavy atom. The third-order valence-electron chi connectivity index (χ3n) is 2.53. The second-order valence-electron chi connectivity index (χ2n) is 3.83. The summed E-state index contributed by atoms with van der Waals surface area (Å²) in [5, 5.41) is 2.87. The quantitative estimate of drug-likeness (QED) is 0.638. The third-order valence-corrected chi connectivity index (χ3v) is 2.53. The number of nitrogens with one attached hydrogen (secondary N) is 1. The van der Waals surface area contributed by atoms with Gasteiger partial charge in [0.15, 0.2) is 0 Å². The highest BCUT2D eigenvalue weighted by Gasteiger charge is 2.15. The van der Waals surface area contributed by atoms with Gasteiger partial charge in [0.05, 0.1) is 0 Å². The lowest BCUT2D eigenvalue weighted by Gasteiger charge is -2.17. The molecule has 0 rings (SSSR count). The summed E-state index contributed by atoms with van der Waals surface area (Å²) < 4.78 is 0. The topological polar surface area (TPSA) is 58.4 Å². The zero-order chi connectivity index (χ0) is 11.1. The molecule has 84 valence electrons. The molecule has 0 aromatic heterocycles. The van der Waals surface area contributed by atoms with Gasteiger partial charge in [-0.25, -0.2) is 0 Å². The minimum absolute atomic E-state index is 0.0458. The van der Waals surface area contributed by atoms with Crippen molar-refractivity contribution in [1.82, 2.24) is 10.2 Å². The molecular formula is C10H23N3O. The Kier molecular flexibility index (Phi) is 6.49. The monoisotopic (exact) mass is 201 g/mol. The first-order chi connectivity index (χ1) is 6.49. The minimum atomic E-state index is -0.109. The number of hydrogen-bond acceptors (Lipinski definition) is 3. The molecule has 0 radical (unpaired) electrons. The second-order valence-corrected chi connectivity index (χ2v) is 3.83. The second kappa shape index (κ2) is 6.79. The maximum Gasteiger partial charge on any atom is 0.224 e. The maximum absolute atomic E-state index is 11.4. The highest BCUT2D eigenvalue weighted by Crippen LogP contribution is 1.98. The first kappa shape index (κ1) is 13.4. The molecule has 4 heteroatoms. The molecule has 0 aromatic rings. The largest absolute Gasteiger partial charge is 0.355 e. The fourth-order valence-electron chi connectivity index (χ4n) is 0.928. The molecule has 0 aromatic carbocycles. The van der Waals surface area contributed by atoms with Crippen LogP contribution in [-0.4, -0.2) is 43.5 Å². The van der Waals surface area contributed by atoms with Crippen molar-refractivity contribution in [2.24, 2.45) is 11.7 Å². The van der Waals surface area contributed by atoms with E-state index in [2.05, 4.69) is 17.1 Å². The van der Waals surface area contributed by atoms with Gasteiger partial charge in [-0.15, -0.1) is 0 Å². The van der Waals surface area contributed by atoms with Gasteiger partial charge in [-0.1, -0.05) is 13.8 Å². The number of nitrogens with zero attached hydrogens (tertiary/aromatic N) is 1. The van der Waals surface area contributed by atoms with E-state index in [0.717, 1.165) is 13.1 Å². The fourth-order valence-corrected chi connectivity index (χ4v) is 0.928. The molecule has 0 heterocycles. The predicted octanol–water partition coefficient (Wildman–Crippen LogP) is 0.0376. The molecule has 0 bridgehead atoms. The smallest absolute Gasteiger partial charge is 0.224 e. The van der Waals surface area contributed by atoms with E-state index in [1.165, 1.54) is 0 Å². The van der Waals surface area contributed by atoms with E-state index in [4.69, 9.17) is 5.73 Å². The molecule has 0 fully saturated rings. The highest BCUT2D eigenvalue weighted by atomic mass is 16.1. The summed E-state index contributed by atoms with van der Waals surface area (Å²) in [6, 6.07) is -0.0843. The van der Waals surface area contributed by atoms with Crippen LogP contribution in [0.1, 0.15) is 20.8 Å². The Hall–Kier alpha value is -0.610. The van der Waals surface area contributed by atoms with Crippen molar-refractivity contribution in [2.45, 2.75) is 26.8 Å². The van der Waals surface area contributed by atoms with Crippen molar-refractivity contribution in [3.8, 4) is 0 Å². The highest BCUT2D eigenvalue weighted by molar-refractivity contribution is 5.78. The van der Waals surface area contributed by atoms with Gasteiger partial charge < -0.3 is 16.0 Å². The fraction of sp³-hybridized carbons (Fsp3) is 0.900. The zero-order valence-electron chi connectivity index (χ0n) is 9.71. The van der Waals surface area contributed by atoms with E-state index < -0.39 is 0 Å². The van der Waals surface area contributed by atoms with Crippen LogP contribution >= 0.6 is 0 Å². The summed E-state index contributed by atoms with van der Waals surface area (Å²) in [5.74, 6) is -0.0635. The van der Waals surface area contributed by atoms with Crippen LogP contribution in [0.15, 0.2) is 0 Å². The number of amides is 1.